The Morgan fingerprint density at radius 2 is 0.600 bits per heavy atom. The third kappa shape index (κ3) is 6.93. The standard InChI is InChI=1S/C28H46N12/c1-5-15-37(16-6-1)25-31-23(32-26(35-25)38-17-7-2-8-18-38)29-13-14-30-24-33-27(39-19-9-3-10-20-39)36-28(34-24)40-21-11-4-12-22-40/h1-22H2,(H,29,31,32,35)(H,30,33,34,36). The summed E-state index contributed by atoms with van der Waals surface area (Å²) in [6.07, 6.45) is 14.7. The van der Waals surface area contributed by atoms with E-state index in [4.69, 9.17) is 29.9 Å². The average Bonchev–Trinajstić information content (AvgIpc) is 3.04. The van der Waals surface area contributed by atoms with Crippen LogP contribution in [0.5, 0.6) is 0 Å². The van der Waals surface area contributed by atoms with Gasteiger partial charge >= 0.3 is 0 Å². The highest BCUT2D eigenvalue weighted by atomic mass is 15.4. The molecule has 0 amide bonds. The first-order valence-corrected chi connectivity index (χ1v) is 15.8. The molecule has 2 aromatic rings. The summed E-state index contributed by atoms with van der Waals surface area (Å²) in [5.74, 6) is 4.52. The molecule has 2 N–H and O–H groups in total. The molecule has 12 heteroatoms. The van der Waals surface area contributed by atoms with Gasteiger partial charge in [-0.05, 0) is 77.0 Å². The molecule has 6 heterocycles. The molecule has 0 aromatic carbocycles. The quantitative estimate of drug-likeness (QED) is 0.445. The normalized spacial score (nSPS) is 20.5. The Labute approximate surface area is 238 Å². The number of nitrogens with zero attached hydrogens (tertiary/aromatic N) is 10. The number of aromatic nitrogens is 6. The first-order chi connectivity index (χ1) is 19.8. The van der Waals surface area contributed by atoms with Gasteiger partial charge in [0.05, 0.1) is 0 Å². The van der Waals surface area contributed by atoms with Crippen LogP contribution in [0.2, 0.25) is 0 Å². The van der Waals surface area contributed by atoms with Gasteiger partial charge < -0.3 is 30.2 Å². The second kappa shape index (κ2) is 13.5. The van der Waals surface area contributed by atoms with Crippen molar-refractivity contribution in [1.82, 2.24) is 29.9 Å². The smallest absolute Gasteiger partial charge is 0.231 e. The Morgan fingerprint density at radius 3 is 0.850 bits per heavy atom. The maximum Gasteiger partial charge on any atom is 0.231 e. The van der Waals surface area contributed by atoms with Crippen LogP contribution >= 0.6 is 0 Å². The zero-order valence-corrected chi connectivity index (χ0v) is 24.0. The molecule has 4 fully saturated rings. The van der Waals surface area contributed by atoms with Gasteiger partial charge in [-0.3, -0.25) is 0 Å². The highest BCUT2D eigenvalue weighted by Crippen LogP contribution is 2.24. The van der Waals surface area contributed by atoms with Crippen molar-refractivity contribution in [2.75, 3.05) is 95.7 Å². The van der Waals surface area contributed by atoms with E-state index in [1.165, 1.54) is 77.0 Å². The summed E-state index contributed by atoms with van der Waals surface area (Å²) in [6, 6.07) is 0. The van der Waals surface area contributed by atoms with Crippen LogP contribution in [-0.2, 0) is 0 Å². The van der Waals surface area contributed by atoms with Crippen LogP contribution in [0.4, 0.5) is 35.7 Å². The summed E-state index contributed by atoms with van der Waals surface area (Å²) in [5.41, 5.74) is 0. The monoisotopic (exact) mass is 550 g/mol. The molecule has 0 aliphatic carbocycles. The van der Waals surface area contributed by atoms with E-state index in [2.05, 4.69) is 30.2 Å². The van der Waals surface area contributed by atoms with Gasteiger partial charge in [-0.2, -0.15) is 29.9 Å². The minimum Gasteiger partial charge on any atom is -0.352 e. The molecule has 12 nitrogen and oxygen atoms in total. The van der Waals surface area contributed by atoms with Crippen LogP contribution in [0.15, 0.2) is 0 Å². The van der Waals surface area contributed by atoms with Crippen LogP contribution in [0.25, 0.3) is 0 Å². The minimum absolute atomic E-state index is 0.650. The predicted molar refractivity (Wildman–Crippen MR) is 161 cm³/mol. The zero-order valence-electron chi connectivity index (χ0n) is 24.0. The van der Waals surface area contributed by atoms with Gasteiger partial charge in [0.25, 0.3) is 0 Å². The Morgan fingerprint density at radius 1 is 0.350 bits per heavy atom. The third-order valence-electron chi connectivity index (χ3n) is 8.47. The maximum atomic E-state index is 4.90. The third-order valence-corrected chi connectivity index (χ3v) is 8.47. The highest BCUT2D eigenvalue weighted by molar-refractivity contribution is 5.47. The van der Waals surface area contributed by atoms with Crippen LogP contribution in [0.1, 0.15) is 77.0 Å². The van der Waals surface area contributed by atoms with E-state index < -0.39 is 0 Å². The van der Waals surface area contributed by atoms with Crippen molar-refractivity contribution in [3.05, 3.63) is 0 Å². The molecule has 0 unspecified atom stereocenters. The molecule has 0 radical (unpaired) electrons. The van der Waals surface area contributed by atoms with Gasteiger partial charge in [-0.25, -0.2) is 0 Å². The second-order valence-corrected chi connectivity index (χ2v) is 11.6. The topological polar surface area (TPSA) is 114 Å². The van der Waals surface area contributed by atoms with E-state index in [1.807, 2.05) is 0 Å². The fourth-order valence-electron chi connectivity index (χ4n) is 6.16. The lowest BCUT2D eigenvalue weighted by Crippen LogP contribution is -2.35. The van der Waals surface area contributed by atoms with Crippen molar-refractivity contribution < 1.29 is 0 Å². The second-order valence-electron chi connectivity index (χ2n) is 11.6. The Balaban J connectivity index is 1.13. The molecule has 40 heavy (non-hydrogen) atoms. The van der Waals surface area contributed by atoms with Crippen molar-refractivity contribution in [2.45, 2.75) is 77.0 Å². The number of piperidine rings is 4. The van der Waals surface area contributed by atoms with Crippen molar-refractivity contribution in [1.29, 1.82) is 0 Å². The molecule has 0 bridgehead atoms. The SMILES string of the molecule is C1CCN(c2nc(NCCNc3nc(N4CCCCC4)nc(N4CCCCC4)n3)nc(N3CCCCC3)n2)CC1. The van der Waals surface area contributed by atoms with Gasteiger partial charge in [0.2, 0.25) is 35.7 Å². The number of rotatable bonds is 9. The lowest BCUT2D eigenvalue weighted by atomic mass is 10.1. The molecule has 0 saturated carbocycles. The predicted octanol–water partition coefficient (Wildman–Crippen LogP) is 3.54. The molecule has 4 saturated heterocycles. The van der Waals surface area contributed by atoms with Gasteiger partial charge in [0, 0.05) is 65.4 Å². The van der Waals surface area contributed by atoms with Crippen LogP contribution in [0, 0.1) is 0 Å². The Bertz CT molecular complexity index is 915. The number of nitrogens with one attached hydrogen (secondary N) is 2. The van der Waals surface area contributed by atoms with Crippen LogP contribution < -0.4 is 30.2 Å². The summed E-state index contributed by atoms with van der Waals surface area (Å²) < 4.78 is 0. The van der Waals surface area contributed by atoms with Gasteiger partial charge in [-0.1, -0.05) is 0 Å². The average molecular weight is 551 g/mol. The summed E-state index contributed by atoms with van der Waals surface area (Å²) in [4.78, 5) is 38.4. The zero-order chi connectivity index (χ0) is 27.0. The van der Waals surface area contributed by atoms with Crippen LogP contribution in [0.3, 0.4) is 0 Å². The first-order valence-electron chi connectivity index (χ1n) is 15.8. The maximum absolute atomic E-state index is 4.90. The summed E-state index contributed by atoms with van der Waals surface area (Å²) in [5, 5.41) is 6.92. The lowest BCUT2D eigenvalue weighted by Gasteiger charge is -2.30. The molecule has 2 aromatic heterocycles. The van der Waals surface area contributed by atoms with E-state index in [0.717, 1.165) is 76.2 Å². The summed E-state index contributed by atoms with van der Waals surface area (Å²) >= 11 is 0. The molecule has 4 aliphatic heterocycles. The van der Waals surface area contributed by atoms with Crippen molar-refractivity contribution >= 4 is 35.7 Å². The van der Waals surface area contributed by atoms with E-state index in [0.29, 0.717) is 25.0 Å². The Kier molecular flexibility index (Phi) is 9.08. The van der Waals surface area contributed by atoms with E-state index in [1.54, 1.807) is 0 Å². The van der Waals surface area contributed by atoms with E-state index >= 15 is 0 Å². The van der Waals surface area contributed by atoms with E-state index in [9.17, 15) is 0 Å². The minimum atomic E-state index is 0.650. The first kappa shape index (κ1) is 27.0. The van der Waals surface area contributed by atoms with Gasteiger partial charge in [0.1, 0.15) is 0 Å². The number of hydrogen-bond acceptors (Lipinski definition) is 12. The van der Waals surface area contributed by atoms with Gasteiger partial charge in [0.15, 0.2) is 0 Å². The van der Waals surface area contributed by atoms with Gasteiger partial charge in [-0.15, -0.1) is 0 Å². The fraction of sp³-hybridized carbons (Fsp3) is 0.786. The fourth-order valence-corrected chi connectivity index (χ4v) is 6.16. The summed E-state index contributed by atoms with van der Waals surface area (Å²) in [6.45, 7) is 9.45. The number of hydrogen-bond donors (Lipinski definition) is 2. The molecular weight excluding hydrogens is 504 g/mol. The molecule has 4 aliphatic rings. The van der Waals surface area contributed by atoms with Crippen molar-refractivity contribution in [2.24, 2.45) is 0 Å². The van der Waals surface area contributed by atoms with E-state index in [-0.39, 0.29) is 0 Å². The Hall–Kier alpha value is -3.18. The molecule has 0 atom stereocenters. The lowest BCUT2D eigenvalue weighted by molar-refractivity contribution is 0.556. The molecular formula is C28H46N12. The highest BCUT2D eigenvalue weighted by Gasteiger charge is 2.22. The van der Waals surface area contributed by atoms with Crippen LogP contribution in [-0.4, -0.2) is 95.4 Å². The largest absolute Gasteiger partial charge is 0.352 e. The number of anilines is 6. The molecule has 6 rings (SSSR count). The van der Waals surface area contributed by atoms with Crippen molar-refractivity contribution in [3.63, 3.8) is 0 Å². The van der Waals surface area contributed by atoms with Crippen molar-refractivity contribution in [3.8, 4) is 0 Å². The molecule has 218 valence electrons. The summed E-state index contributed by atoms with van der Waals surface area (Å²) in [7, 11) is 0. The molecule has 0 spiro atoms.